The van der Waals surface area contributed by atoms with Crippen LogP contribution in [0.3, 0.4) is 0 Å². The molecule has 4 rings (SSSR count). The molecule has 0 radical (unpaired) electrons. The zero-order valence-electron chi connectivity index (χ0n) is 18.1. The number of ether oxygens (including phenoxy) is 3. The fourth-order valence-corrected chi connectivity index (χ4v) is 3.74. The summed E-state index contributed by atoms with van der Waals surface area (Å²) in [5.41, 5.74) is 7.87. The van der Waals surface area contributed by atoms with Crippen molar-refractivity contribution in [2.24, 2.45) is 5.73 Å². The van der Waals surface area contributed by atoms with Gasteiger partial charge in [0.15, 0.2) is 0 Å². The monoisotopic (exact) mass is 457 g/mol. The number of carbonyl (C=O) groups is 1. The van der Waals surface area contributed by atoms with Crippen LogP contribution < -0.4 is 19.9 Å². The summed E-state index contributed by atoms with van der Waals surface area (Å²) in [7, 11) is 1.56. The van der Waals surface area contributed by atoms with Crippen LogP contribution in [-0.4, -0.2) is 18.0 Å². The first kappa shape index (κ1) is 22.4. The topological polar surface area (TPSA) is 138 Å². The molecule has 1 heterocycles. The molecule has 3 aromatic rings. The lowest BCUT2D eigenvalue weighted by atomic mass is 9.83. The summed E-state index contributed by atoms with van der Waals surface area (Å²) in [5, 5.41) is 20.9. The maximum Gasteiger partial charge on any atom is 0.315 e. The Morgan fingerprint density at radius 2 is 1.88 bits per heavy atom. The van der Waals surface area contributed by atoms with Gasteiger partial charge in [-0.2, -0.15) is 5.26 Å². The standard InChI is InChI=1S/C25H19N3O6/c1-32-18-7-5-15(6-8-18)11-23(29)33-19-9-10-20-22(13-19)34-25(27)21(14-26)24(20)16-3-2-4-17(12-16)28(30)31/h2-10,12-13,24H,11,27H2,1H3. The predicted octanol–water partition coefficient (Wildman–Crippen LogP) is 3.97. The van der Waals surface area contributed by atoms with E-state index in [4.69, 9.17) is 19.9 Å². The molecule has 34 heavy (non-hydrogen) atoms. The molecular formula is C25H19N3O6. The Morgan fingerprint density at radius 3 is 2.56 bits per heavy atom. The SMILES string of the molecule is COc1ccc(CC(=O)Oc2ccc3c(c2)OC(N)=C(C#N)C3c2cccc([N+](=O)[O-])c2)cc1. The number of esters is 1. The van der Waals surface area contributed by atoms with E-state index in [1.165, 1.54) is 18.2 Å². The lowest BCUT2D eigenvalue weighted by Gasteiger charge is -2.26. The van der Waals surface area contributed by atoms with Gasteiger partial charge in [0.25, 0.3) is 5.69 Å². The van der Waals surface area contributed by atoms with E-state index >= 15 is 0 Å². The summed E-state index contributed by atoms with van der Waals surface area (Å²) >= 11 is 0. The molecule has 1 aliphatic heterocycles. The largest absolute Gasteiger partial charge is 0.497 e. The molecule has 3 aromatic carbocycles. The second kappa shape index (κ2) is 9.34. The van der Waals surface area contributed by atoms with Crippen molar-refractivity contribution < 1.29 is 23.9 Å². The van der Waals surface area contributed by atoms with Crippen LogP contribution >= 0.6 is 0 Å². The molecule has 0 bridgehead atoms. The van der Waals surface area contributed by atoms with Gasteiger partial charge < -0.3 is 19.9 Å². The molecule has 0 saturated carbocycles. The molecule has 0 spiro atoms. The van der Waals surface area contributed by atoms with Gasteiger partial charge >= 0.3 is 5.97 Å². The van der Waals surface area contributed by atoms with E-state index in [-0.39, 0.29) is 29.3 Å². The van der Waals surface area contributed by atoms with Crippen LogP contribution in [0.15, 0.2) is 78.2 Å². The number of fused-ring (bicyclic) bond motifs is 1. The summed E-state index contributed by atoms with van der Waals surface area (Å²) in [6.07, 6.45) is 0.0544. The van der Waals surface area contributed by atoms with Crippen LogP contribution in [-0.2, 0) is 11.2 Å². The molecule has 0 amide bonds. The quantitative estimate of drug-likeness (QED) is 0.254. The van der Waals surface area contributed by atoms with E-state index in [2.05, 4.69) is 0 Å². The predicted molar refractivity (Wildman–Crippen MR) is 121 cm³/mol. The first-order chi connectivity index (χ1) is 16.4. The summed E-state index contributed by atoms with van der Waals surface area (Å²) in [6.45, 7) is 0. The van der Waals surface area contributed by atoms with Gasteiger partial charge in [0.05, 0.1) is 24.4 Å². The van der Waals surface area contributed by atoms with Crippen molar-refractivity contribution in [3.63, 3.8) is 0 Å². The third-order valence-electron chi connectivity index (χ3n) is 5.34. The molecule has 9 heteroatoms. The second-order valence-electron chi connectivity index (χ2n) is 7.48. The minimum atomic E-state index is -0.669. The molecule has 0 saturated heterocycles. The zero-order valence-corrected chi connectivity index (χ0v) is 18.1. The second-order valence-corrected chi connectivity index (χ2v) is 7.48. The van der Waals surface area contributed by atoms with Gasteiger partial charge in [-0.05, 0) is 29.3 Å². The number of hydrogen-bond donors (Lipinski definition) is 1. The molecule has 0 fully saturated rings. The highest BCUT2D eigenvalue weighted by Crippen LogP contribution is 2.44. The van der Waals surface area contributed by atoms with Crippen molar-refractivity contribution in [1.29, 1.82) is 5.26 Å². The first-order valence-electron chi connectivity index (χ1n) is 10.2. The Morgan fingerprint density at radius 1 is 1.15 bits per heavy atom. The number of non-ortho nitro benzene ring substituents is 1. The molecule has 170 valence electrons. The van der Waals surface area contributed by atoms with Gasteiger partial charge in [0.2, 0.25) is 5.88 Å². The number of nitro benzene ring substituents is 1. The highest BCUT2D eigenvalue weighted by atomic mass is 16.6. The summed E-state index contributed by atoms with van der Waals surface area (Å²) in [5.74, 6) is -0.0426. The van der Waals surface area contributed by atoms with E-state index in [1.54, 1.807) is 55.6 Å². The van der Waals surface area contributed by atoms with Gasteiger partial charge in [0.1, 0.15) is 28.9 Å². The molecule has 1 unspecified atom stereocenters. The Hall–Kier alpha value is -4.84. The number of allylic oxidation sites excluding steroid dienone is 1. The van der Waals surface area contributed by atoms with Gasteiger partial charge in [-0.15, -0.1) is 0 Å². The number of hydrogen-bond acceptors (Lipinski definition) is 8. The number of nitro groups is 1. The Labute approximate surface area is 194 Å². The minimum Gasteiger partial charge on any atom is -0.497 e. The van der Waals surface area contributed by atoms with E-state index in [0.29, 0.717) is 22.6 Å². The lowest BCUT2D eigenvalue weighted by Crippen LogP contribution is -2.21. The zero-order chi connectivity index (χ0) is 24.2. The van der Waals surface area contributed by atoms with Gasteiger partial charge in [0, 0.05) is 23.8 Å². The average molecular weight is 457 g/mol. The van der Waals surface area contributed by atoms with Crippen LogP contribution in [0, 0.1) is 21.4 Å². The highest BCUT2D eigenvalue weighted by molar-refractivity contribution is 5.75. The van der Waals surface area contributed by atoms with Gasteiger partial charge in [-0.3, -0.25) is 14.9 Å². The maximum atomic E-state index is 12.4. The van der Waals surface area contributed by atoms with Crippen molar-refractivity contribution in [2.45, 2.75) is 12.3 Å². The minimum absolute atomic E-state index is 0.0544. The molecular weight excluding hydrogens is 438 g/mol. The number of methoxy groups -OCH3 is 1. The summed E-state index contributed by atoms with van der Waals surface area (Å²) < 4.78 is 16.2. The third-order valence-corrected chi connectivity index (χ3v) is 5.34. The van der Waals surface area contributed by atoms with Crippen molar-refractivity contribution in [1.82, 2.24) is 0 Å². The first-order valence-corrected chi connectivity index (χ1v) is 10.2. The van der Waals surface area contributed by atoms with E-state index in [1.807, 2.05) is 6.07 Å². The van der Waals surface area contributed by atoms with Crippen molar-refractivity contribution >= 4 is 11.7 Å². The molecule has 1 atom stereocenters. The van der Waals surface area contributed by atoms with Gasteiger partial charge in [-0.25, -0.2) is 0 Å². The van der Waals surface area contributed by atoms with Crippen LogP contribution in [0.25, 0.3) is 0 Å². The number of nitrogens with two attached hydrogens (primary N) is 1. The average Bonchev–Trinajstić information content (AvgIpc) is 2.83. The molecule has 1 aliphatic rings. The molecule has 2 N–H and O–H groups in total. The smallest absolute Gasteiger partial charge is 0.315 e. The van der Waals surface area contributed by atoms with E-state index in [0.717, 1.165) is 5.56 Å². The third kappa shape index (κ3) is 4.52. The molecule has 0 aliphatic carbocycles. The number of benzene rings is 3. The Kier molecular flexibility index (Phi) is 6.14. The van der Waals surface area contributed by atoms with Gasteiger partial charge in [-0.1, -0.05) is 30.3 Å². The van der Waals surface area contributed by atoms with E-state index in [9.17, 15) is 20.2 Å². The highest BCUT2D eigenvalue weighted by Gasteiger charge is 2.31. The summed E-state index contributed by atoms with van der Waals surface area (Å²) in [4.78, 5) is 23.1. The number of nitriles is 1. The van der Waals surface area contributed by atoms with Crippen molar-refractivity contribution in [3.05, 3.63) is 105 Å². The van der Waals surface area contributed by atoms with Crippen molar-refractivity contribution in [3.8, 4) is 23.3 Å². The maximum absolute atomic E-state index is 12.4. The fourth-order valence-electron chi connectivity index (χ4n) is 3.74. The van der Waals surface area contributed by atoms with Crippen LogP contribution in [0.5, 0.6) is 17.2 Å². The number of carbonyl (C=O) groups excluding carboxylic acids is 1. The summed E-state index contributed by atoms with van der Waals surface area (Å²) in [6, 6.07) is 19.8. The number of nitrogens with zero attached hydrogens (tertiary/aromatic N) is 2. The fraction of sp³-hybridized carbons (Fsp3) is 0.120. The van der Waals surface area contributed by atoms with Crippen LogP contribution in [0.4, 0.5) is 5.69 Å². The Bertz CT molecular complexity index is 1340. The van der Waals surface area contributed by atoms with Crippen molar-refractivity contribution in [2.75, 3.05) is 7.11 Å². The lowest BCUT2D eigenvalue weighted by molar-refractivity contribution is -0.384. The van der Waals surface area contributed by atoms with Crippen LogP contribution in [0.2, 0.25) is 0 Å². The Balaban J connectivity index is 1.61. The normalized spacial score (nSPS) is 14.4. The number of rotatable bonds is 6. The van der Waals surface area contributed by atoms with Crippen LogP contribution in [0.1, 0.15) is 22.6 Å². The van der Waals surface area contributed by atoms with E-state index < -0.39 is 16.8 Å². The molecule has 9 nitrogen and oxygen atoms in total. The molecule has 0 aromatic heterocycles.